The number of ether oxygens (including phenoxy) is 2. The van der Waals surface area contributed by atoms with E-state index in [1.807, 2.05) is 60.7 Å². The Bertz CT molecular complexity index is 1640. The van der Waals surface area contributed by atoms with Crippen molar-refractivity contribution < 1.29 is 14.3 Å². The summed E-state index contributed by atoms with van der Waals surface area (Å²) in [6.07, 6.45) is 0. The van der Waals surface area contributed by atoms with Crippen LogP contribution in [0, 0.1) is 0 Å². The summed E-state index contributed by atoms with van der Waals surface area (Å²) in [6, 6.07) is 22.1. The highest BCUT2D eigenvalue weighted by Gasteiger charge is 2.23. The summed E-state index contributed by atoms with van der Waals surface area (Å²) >= 11 is 1.31. The Kier molecular flexibility index (Phi) is 6.96. The molecule has 0 unspecified atom stereocenters. The number of aromatic nitrogens is 4. The van der Waals surface area contributed by atoms with Crippen LogP contribution in [-0.2, 0) is 6.54 Å². The van der Waals surface area contributed by atoms with E-state index in [9.17, 15) is 9.59 Å². The normalized spacial score (nSPS) is 12.1. The van der Waals surface area contributed by atoms with E-state index in [0.29, 0.717) is 39.8 Å². The molecular formula is C28H26N4O4S. The highest BCUT2D eigenvalue weighted by molar-refractivity contribution is 8.00. The van der Waals surface area contributed by atoms with Gasteiger partial charge in [0.25, 0.3) is 5.56 Å². The number of carbonyl (C=O) groups is 1. The first-order valence-electron chi connectivity index (χ1n) is 11.9. The fraction of sp³-hybridized carbons (Fsp3) is 0.214. The summed E-state index contributed by atoms with van der Waals surface area (Å²) in [5, 5.41) is 9.42. The number of carbonyl (C=O) groups excluding carboxylic acids is 1. The van der Waals surface area contributed by atoms with E-state index in [4.69, 9.17) is 9.47 Å². The van der Waals surface area contributed by atoms with E-state index in [1.54, 1.807) is 42.0 Å². The van der Waals surface area contributed by atoms with Crippen molar-refractivity contribution in [1.29, 1.82) is 0 Å². The topological polar surface area (TPSA) is 87.7 Å². The molecule has 9 heteroatoms. The molecule has 0 amide bonds. The molecular weight excluding hydrogens is 488 g/mol. The monoisotopic (exact) mass is 514 g/mol. The number of Topliss-reactive ketones (excluding diaryl/α,β-unsaturated/α-hetero) is 1. The van der Waals surface area contributed by atoms with Gasteiger partial charge in [0, 0.05) is 11.1 Å². The number of benzene rings is 3. The van der Waals surface area contributed by atoms with Crippen LogP contribution in [0.5, 0.6) is 11.5 Å². The minimum Gasteiger partial charge on any atom is -0.496 e. The summed E-state index contributed by atoms with van der Waals surface area (Å²) in [5.41, 5.74) is 1.96. The van der Waals surface area contributed by atoms with Gasteiger partial charge in [0.1, 0.15) is 11.5 Å². The van der Waals surface area contributed by atoms with Crippen LogP contribution in [0.25, 0.3) is 16.7 Å². The Morgan fingerprint density at radius 2 is 1.73 bits per heavy atom. The van der Waals surface area contributed by atoms with Gasteiger partial charge in [-0.3, -0.25) is 18.6 Å². The molecule has 37 heavy (non-hydrogen) atoms. The summed E-state index contributed by atoms with van der Waals surface area (Å²) in [4.78, 5) is 26.7. The fourth-order valence-corrected chi connectivity index (χ4v) is 5.22. The third-order valence-corrected chi connectivity index (χ3v) is 7.14. The lowest BCUT2D eigenvalue weighted by Crippen LogP contribution is -2.24. The molecule has 0 spiro atoms. The number of methoxy groups -OCH3 is 1. The van der Waals surface area contributed by atoms with E-state index in [2.05, 4.69) is 10.2 Å². The predicted molar refractivity (Wildman–Crippen MR) is 144 cm³/mol. The zero-order valence-corrected chi connectivity index (χ0v) is 21.6. The Hall–Kier alpha value is -4.11. The highest BCUT2D eigenvalue weighted by Crippen LogP contribution is 2.28. The van der Waals surface area contributed by atoms with E-state index in [-0.39, 0.29) is 17.9 Å². The van der Waals surface area contributed by atoms with Gasteiger partial charge in [0.2, 0.25) is 5.78 Å². The molecule has 5 rings (SSSR count). The standard InChI is InChI=1S/C28H26N4O4S/c1-4-36-21-15-13-19(14-16-21)25(33)18(2)37-28-30-29-27-31(17-20-9-5-8-12-24(20)35-3)26(34)22-10-6-7-11-23(22)32(27)28/h5-16,18H,4,17H2,1-3H3/t18-/m0/s1. The van der Waals surface area contributed by atoms with Gasteiger partial charge in [-0.05, 0) is 56.3 Å². The Morgan fingerprint density at radius 3 is 2.49 bits per heavy atom. The van der Waals surface area contributed by atoms with Gasteiger partial charge in [0.05, 0.1) is 36.4 Å². The van der Waals surface area contributed by atoms with Crippen molar-refractivity contribution >= 4 is 34.2 Å². The molecule has 3 aromatic carbocycles. The van der Waals surface area contributed by atoms with Crippen LogP contribution < -0.4 is 15.0 Å². The molecule has 0 aliphatic rings. The molecule has 1 atom stereocenters. The second-order valence-corrected chi connectivity index (χ2v) is 9.73. The Morgan fingerprint density at radius 1 is 1.00 bits per heavy atom. The van der Waals surface area contributed by atoms with Gasteiger partial charge in [0.15, 0.2) is 10.9 Å². The van der Waals surface area contributed by atoms with Crippen LogP contribution in [-0.4, -0.2) is 43.9 Å². The molecule has 188 valence electrons. The lowest BCUT2D eigenvalue weighted by atomic mass is 10.1. The molecule has 0 N–H and O–H groups in total. The van der Waals surface area contributed by atoms with Crippen LogP contribution in [0.3, 0.4) is 0 Å². The zero-order chi connectivity index (χ0) is 25.9. The maximum absolute atomic E-state index is 13.5. The van der Waals surface area contributed by atoms with Gasteiger partial charge in [-0.25, -0.2) is 0 Å². The number of hydrogen-bond acceptors (Lipinski definition) is 7. The minimum absolute atomic E-state index is 0.0311. The number of hydrogen-bond donors (Lipinski definition) is 0. The van der Waals surface area contributed by atoms with Crippen molar-refractivity contribution in [3.63, 3.8) is 0 Å². The molecule has 2 aromatic heterocycles. The minimum atomic E-state index is -0.432. The van der Waals surface area contributed by atoms with E-state index < -0.39 is 5.25 Å². The smallest absolute Gasteiger partial charge is 0.263 e. The van der Waals surface area contributed by atoms with Gasteiger partial charge in [-0.2, -0.15) is 0 Å². The molecule has 8 nitrogen and oxygen atoms in total. The fourth-order valence-electron chi connectivity index (χ4n) is 4.28. The second-order valence-electron chi connectivity index (χ2n) is 8.42. The maximum Gasteiger partial charge on any atom is 0.263 e. The average Bonchev–Trinajstić information content (AvgIpc) is 3.34. The molecule has 0 fully saturated rings. The lowest BCUT2D eigenvalue weighted by Gasteiger charge is -2.14. The first-order valence-corrected chi connectivity index (χ1v) is 12.8. The van der Waals surface area contributed by atoms with Gasteiger partial charge in [-0.1, -0.05) is 42.1 Å². The molecule has 5 aromatic rings. The van der Waals surface area contributed by atoms with Crippen molar-refractivity contribution in [2.24, 2.45) is 0 Å². The molecule has 0 radical (unpaired) electrons. The summed E-state index contributed by atoms with van der Waals surface area (Å²) in [5.74, 6) is 1.78. The first-order chi connectivity index (χ1) is 18.0. The maximum atomic E-state index is 13.5. The molecule has 0 bridgehead atoms. The van der Waals surface area contributed by atoms with Gasteiger partial charge < -0.3 is 9.47 Å². The van der Waals surface area contributed by atoms with Crippen LogP contribution >= 0.6 is 11.8 Å². The van der Waals surface area contributed by atoms with Crippen LogP contribution in [0.2, 0.25) is 0 Å². The van der Waals surface area contributed by atoms with Crippen LogP contribution in [0.1, 0.15) is 29.8 Å². The second kappa shape index (κ2) is 10.5. The van der Waals surface area contributed by atoms with E-state index in [1.165, 1.54) is 11.8 Å². The number of thioether (sulfide) groups is 1. The molecule has 0 aliphatic carbocycles. The first kappa shape index (κ1) is 24.6. The van der Waals surface area contributed by atoms with Crippen molar-refractivity contribution in [1.82, 2.24) is 19.2 Å². The van der Waals surface area contributed by atoms with Crippen molar-refractivity contribution in [2.75, 3.05) is 13.7 Å². The largest absolute Gasteiger partial charge is 0.496 e. The van der Waals surface area contributed by atoms with Crippen LogP contribution in [0.4, 0.5) is 0 Å². The summed E-state index contributed by atoms with van der Waals surface area (Å²) in [6.45, 7) is 4.59. The third-order valence-electron chi connectivity index (χ3n) is 6.10. The lowest BCUT2D eigenvalue weighted by molar-refractivity contribution is 0.0994. The molecule has 0 aliphatic heterocycles. The van der Waals surface area contributed by atoms with E-state index >= 15 is 0 Å². The summed E-state index contributed by atoms with van der Waals surface area (Å²) in [7, 11) is 1.60. The average molecular weight is 515 g/mol. The van der Waals surface area contributed by atoms with Gasteiger partial charge in [-0.15, -0.1) is 10.2 Å². The number of rotatable bonds is 9. The van der Waals surface area contributed by atoms with Crippen LogP contribution in [0.15, 0.2) is 82.7 Å². The highest BCUT2D eigenvalue weighted by atomic mass is 32.2. The number of nitrogens with zero attached hydrogens (tertiary/aromatic N) is 4. The molecule has 0 saturated carbocycles. The quantitative estimate of drug-likeness (QED) is 0.205. The Labute approximate surface area is 217 Å². The number of ketones is 1. The predicted octanol–water partition coefficient (Wildman–Crippen LogP) is 4.86. The number of para-hydroxylation sites is 2. The molecule has 0 saturated heterocycles. The SMILES string of the molecule is CCOc1ccc(C(=O)[C@H](C)Sc2nnc3n(Cc4ccccc4OC)c(=O)c4ccccc4n23)cc1. The third kappa shape index (κ3) is 4.70. The summed E-state index contributed by atoms with van der Waals surface area (Å²) < 4.78 is 14.4. The van der Waals surface area contributed by atoms with Crippen molar-refractivity contribution in [2.45, 2.75) is 30.8 Å². The van der Waals surface area contributed by atoms with E-state index in [0.717, 1.165) is 11.3 Å². The molecule has 2 heterocycles. The van der Waals surface area contributed by atoms with Crippen molar-refractivity contribution in [3.05, 3.63) is 94.3 Å². The zero-order valence-electron chi connectivity index (χ0n) is 20.7. The van der Waals surface area contributed by atoms with Crippen molar-refractivity contribution in [3.8, 4) is 11.5 Å². The Balaban J connectivity index is 1.55. The number of fused-ring (bicyclic) bond motifs is 3. The van der Waals surface area contributed by atoms with Gasteiger partial charge >= 0.3 is 0 Å².